The monoisotopic (exact) mass is 259 g/mol. The van der Waals surface area contributed by atoms with Gasteiger partial charge in [0.15, 0.2) is 5.69 Å². The van der Waals surface area contributed by atoms with Crippen LogP contribution in [0.1, 0.15) is 21.8 Å². The number of nitrogens with zero attached hydrogens (tertiary/aromatic N) is 3. The molecule has 2 aromatic heterocycles. The van der Waals surface area contributed by atoms with Crippen molar-refractivity contribution in [3.05, 3.63) is 35.3 Å². The largest absolute Gasteiger partial charge is 0.474 e. The Morgan fingerprint density at radius 1 is 1.37 bits per heavy atom. The van der Waals surface area contributed by atoms with Gasteiger partial charge in [-0.15, -0.1) is 0 Å². The van der Waals surface area contributed by atoms with E-state index < -0.39 is 0 Å². The average Bonchev–Trinajstić information content (AvgIpc) is 2.84. The van der Waals surface area contributed by atoms with Gasteiger partial charge < -0.3 is 9.26 Å². The highest BCUT2D eigenvalue weighted by Gasteiger charge is 2.27. The summed E-state index contributed by atoms with van der Waals surface area (Å²) in [4.78, 5) is 18.2. The number of amides is 1. The first-order valence-electron chi connectivity index (χ1n) is 6.00. The van der Waals surface area contributed by atoms with Crippen LogP contribution in [0.5, 0.6) is 5.88 Å². The number of ether oxygens (including phenoxy) is 1. The van der Waals surface area contributed by atoms with Crippen molar-refractivity contribution in [1.82, 2.24) is 10.1 Å². The Morgan fingerprint density at radius 3 is 2.95 bits per heavy atom. The molecule has 0 aromatic carbocycles. The minimum absolute atomic E-state index is 0.200. The first-order chi connectivity index (χ1) is 9.15. The molecule has 0 fully saturated rings. The number of fused-ring (bicyclic) bond motifs is 1. The Balaban J connectivity index is 1.99. The van der Waals surface area contributed by atoms with Crippen LogP contribution in [-0.4, -0.2) is 29.2 Å². The maximum atomic E-state index is 12.4. The van der Waals surface area contributed by atoms with Crippen LogP contribution < -0.4 is 9.64 Å². The van der Waals surface area contributed by atoms with E-state index in [-0.39, 0.29) is 5.91 Å². The summed E-state index contributed by atoms with van der Waals surface area (Å²) >= 11 is 0. The van der Waals surface area contributed by atoms with Crippen LogP contribution in [0, 0.1) is 13.8 Å². The predicted octanol–water partition coefficient (Wildman–Crippen LogP) is 1.73. The van der Waals surface area contributed by atoms with Crippen LogP contribution in [-0.2, 0) is 0 Å². The molecule has 0 aliphatic carbocycles. The summed E-state index contributed by atoms with van der Waals surface area (Å²) in [5.41, 5.74) is 1.95. The molecule has 0 spiro atoms. The lowest BCUT2D eigenvalue weighted by Crippen LogP contribution is -2.38. The van der Waals surface area contributed by atoms with Gasteiger partial charge in [-0.1, -0.05) is 5.16 Å². The van der Waals surface area contributed by atoms with E-state index in [9.17, 15) is 4.79 Å². The molecule has 6 nitrogen and oxygen atoms in total. The Bertz CT molecular complexity index is 636. The minimum Gasteiger partial charge on any atom is -0.474 e. The summed E-state index contributed by atoms with van der Waals surface area (Å²) in [6.07, 6.45) is 1.72. The van der Waals surface area contributed by atoms with Gasteiger partial charge in [0.2, 0.25) is 5.88 Å². The second-order valence-electron chi connectivity index (χ2n) is 4.47. The van der Waals surface area contributed by atoms with Crippen molar-refractivity contribution in [3.63, 3.8) is 0 Å². The van der Waals surface area contributed by atoms with E-state index in [1.165, 1.54) is 0 Å². The molecule has 0 N–H and O–H groups in total. The van der Waals surface area contributed by atoms with Crippen LogP contribution in [0.4, 0.5) is 5.69 Å². The molecule has 2 aromatic rings. The molecule has 1 aliphatic heterocycles. The van der Waals surface area contributed by atoms with Crippen molar-refractivity contribution < 1.29 is 14.1 Å². The molecule has 3 rings (SSSR count). The van der Waals surface area contributed by atoms with Crippen LogP contribution in [0.2, 0.25) is 0 Å². The van der Waals surface area contributed by atoms with Gasteiger partial charge >= 0.3 is 0 Å². The van der Waals surface area contributed by atoms with Crippen LogP contribution in [0.3, 0.4) is 0 Å². The maximum absolute atomic E-state index is 12.4. The van der Waals surface area contributed by atoms with Crippen LogP contribution in [0.25, 0.3) is 0 Å². The molecule has 0 radical (unpaired) electrons. The fourth-order valence-electron chi connectivity index (χ4n) is 2.02. The molecule has 98 valence electrons. The second kappa shape index (κ2) is 4.38. The topological polar surface area (TPSA) is 68.5 Å². The van der Waals surface area contributed by atoms with Gasteiger partial charge in [0, 0.05) is 12.3 Å². The van der Waals surface area contributed by atoms with Crippen LogP contribution in [0.15, 0.2) is 22.9 Å². The number of aromatic nitrogens is 2. The van der Waals surface area contributed by atoms with Crippen molar-refractivity contribution in [1.29, 1.82) is 0 Å². The van der Waals surface area contributed by atoms with E-state index in [4.69, 9.17) is 9.26 Å². The summed E-state index contributed by atoms with van der Waals surface area (Å²) in [5, 5.41) is 3.76. The normalized spacial score (nSPS) is 13.9. The first kappa shape index (κ1) is 11.7. The summed E-state index contributed by atoms with van der Waals surface area (Å²) in [6.45, 7) is 4.57. The van der Waals surface area contributed by atoms with Gasteiger partial charge in [-0.2, -0.15) is 0 Å². The number of hydrogen-bond acceptors (Lipinski definition) is 5. The molecule has 0 unspecified atom stereocenters. The molecule has 1 amide bonds. The maximum Gasteiger partial charge on any atom is 0.280 e. The van der Waals surface area contributed by atoms with Gasteiger partial charge in [0.25, 0.3) is 5.91 Å². The number of carbonyl (C=O) groups excluding carboxylic acids is 1. The van der Waals surface area contributed by atoms with Crippen molar-refractivity contribution in [2.45, 2.75) is 13.8 Å². The summed E-state index contributed by atoms with van der Waals surface area (Å²) in [5.74, 6) is 0.887. The van der Waals surface area contributed by atoms with Gasteiger partial charge in [0.05, 0.1) is 6.54 Å². The third kappa shape index (κ3) is 2.05. The molecule has 3 heterocycles. The zero-order valence-electron chi connectivity index (χ0n) is 10.7. The molecule has 1 aliphatic rings. The Labute approximate surface area is 110 Å². The van der Waals surface area contributed by atoms with Crippen molar-refractivity contribution in [3.8, 4) is 5.88 Å². The highest BCUT2D eigenvalue weighted by molar-refractivity contribution is 6.05. The minimum atomic E-state index is -0.200. The highest BCUT2D eigenvalue weighted by Crippen LogP contribution is 2.30. The third-order valence-electron chi connectivity index (χ3n) is 2.91. The lowest BCUT2D eigenvalue weighted by Gasteiger charge is -2.28. The fourth-order valence-corrected chi connectivity index (χ4v) is 2.02. The molecular formula is C13H13N3O3. The van der Waals surface area contributed by atoms with E-state index in [0.717, 1.165) is 5.56 Å². The van der Waals surface area contributed by atoms with E-state index in [1.807, 2.05) is 13.0 Å². The van der Waals surface area contributed by atoms with Gasteiger partial charge in [-0.25, -0.2) is 4.98 Å². The Kier molecular flexibility index (Phi) is 2.70. The number of anilines is 1. The lowest BCUT2D eigenvalue weighted by molar-refractivity contribution is 0.0967. The fraction of sp³-hybridized carbons (Fsp3) is 0.308. The van der Waals surface area contributed by atoms with Gasteiger partial charge in [-0.3, -0.25) is 9.69 Å². The van der Waals surface area contributed by atoms with Crippen LogP contribution >= 0.6 is 0 Å². The summed E-state index contributed by atoms with van der Waals surface area (Å²) in [6, 6.07) is 3.51. The molecule has 0 bridgehead atoms. The Hall–Kier alpha value is -2.37. The summed E-state index contributed by atoms with van der Waals surface area (Å²) < 4.78 is 10.4. The molecule has 19 heavy (non-hydrogen) atoms. The molecule has 0 saturated carbocycles. The third-order valence-corrected chi connectivity index (χ3v) is 2.91. The number of rotatable bonds is 1. The quantitative estimate of drug-likeness (QED) is 0.780. The van der Waals surface area contributed by atoms with Crippen molar-refractivity contribution in [2.24, 2.45) is 0 Å². The number of aryl methyl sites for hydroxylation is 2. The molecule has 0 atom stereocenters. The first-order valence-corrected chi connectivity index (χ1v) is 6.00. The standard InChI is InChI=1S/C13H13N3O3/c1-8-5-11-12(14-7-8)18-4-3-16(11)13(17)10-6-9(2)19-15-10/h5-7H,3-4H2,1-2H3. The zero-order valence-corrected chi connectivity index (χ0v) is 10.7. The molecule has 0 saturated heterocycles. The van der Waals surface area contributed by atoms with E-state index >= 15 is 0 Å². The number of carbonyl (C=O) groups is 1. The average molecular weight is 259 g/mol. The Morgan fingerprint density at radius 2 is 2.21 bits per heavy atom. The number of hydrogen-bond donors (Lipinski definition) is 0. The second-order valence-corrected chi connectivity index (χ2v) is 4.47. The SMILES string of the molecule is Cc1cnc2c(c1)N(C(=O)c1cc(C)on1)CCO2. The highest BCUT2D eigenvalue weighted by atomic mass is 16.5. The molecule has 6 heteroatoms. The van der Waals surface area contributed by atoms with E-state index in [1.54, 1.807) is 24.1 Å². The van der Waals surface area contributed by atoms with Gasteiger partial charge in [0.1, 0.15) is 18.1 Å². The molecular weight excluding hydrogens is 246 g/mol. The number of pyridine rings is 1. The van der Waals surface area contributed by atoms with Crippen molar-refractivity contribution in [2.75, 3.05) is 18.1 Å². The predicted molar refractivity (Wildman–Crippen MR) is 67.4 cm³/mol. The smallest absolute Gasteiger partial charge is 0.280 e. The summed E-state index contributed by atoms with van der Waals surface area (Å²) in [7, 11) is 0. The van der Waals surface area contributed by atoms with Crippen molar-refractivity contribution >= 4 is 11.6 Å². The van der Waals surface area contributed by atoms with Gasteiger partial charge in [-0.05, 0) is 25.5 Å². The lowest BCUT2D eigenvalue weighted by atomic mass is 10.2. The zero-order chi connectivity index (χ0) is 13.4. The van der Waals surface area contributed by atoms with E-state index in [0.29, 0.717) is 36.2 Å². The van der Waals surface area contributed by atoms with E-state index in [2.05, 4.69) is 10.1 Å².